The third-order valence-electron chi connectivity index (χ3n) is 2.75. The van der Waals surface area contributed by atoms with Crippen molar-refractivity contribution in [3.63, 3.8) is 0 Å². The Morgan fingerprint density at radius 3 is 2.40 bits per heavy atom. The molecule has 1 atom stereocenters. The Bertz CT molecular complexity index is 621. The minimum Gasteiger partial charge on any atom is -0.387 e. The van der Waals surface area contributed by atoms with Crippen molar-refractivity contribution in [2.75, 3.05) is 11.9 Å². The van der Waals surface area contributed by atoms with E-state index in [2.05, 4.69) is 21.2 Å². The lowest BCUT2D eigenvalue weighted by Gasteiger charge is -2.14. The number of hydrogen-bond donors (Lipinski definition) is 2. The summed E-state index contributed by atoms with van der Waals surface area (Å²) < 4.78 is 40.0. The fourth-order valence-corrected chi connectivity index (χ4v) is 2.01. The molecule has 0 aromatic heterocycles. The van der Waals surface area contributed by atoms with E-state index in [1.807, 2.05) is 0 Å². The summed E-state index contributed by atoms with van der Waals surface area (Å²) in [6.07, 6.45) is -1.08. The number of anilines is 1. The fraction of sp³-hybridized carbons (Fsp3) is 0.143. The Labute approximate surface area is 122 Å². The van der Waals surface area contributed by atoms with Crippen LogP contribution in [0.15, 0.2) is 40.9 Å². The maximum Gasteiger partial charge on any atom is 0.159 e. The highest BCUT2D eigenvalue weighted by atomic mass is 79.9. The Morgan fingerprint density at radius 2 is 1.75 bits per heavy atom. The molecule has 106 valence electrons. The second-order valence-corrected chi connectivity index (χ2v) is 5.11. The van der Waals surface area contributed by atoms with Crippen LogP contribution < -0.4 is 5.32 Å². The minimum atomic E-state index is -1.08. The Morgan fingerprint density at radius 1 is 1.00 bits per heavy atom. The first-order chi connectivity index (χ1) is 9.47. The number of halogens is 4. The normalized spacial score (nSPS) is 12.2. The van der Waals surface area contributed by atoms with E-state index in [9.17, 15) is 18.3 Å². The lowest BCUT2D eigenvalue weighted by atomic mass is 10.1. The van der Waals surface area contributed by atoms with E-state index in [1.54, 1.807) is 6.07 Å². The molecule has 2 rings (SSSR count). The molecule has 0 amide bonds. The van der Waals surface area contributed by atoms with Crippen LogP contribution in [0.3, 0.4) is 0 Å². The third-order valence-corrected chi connectivity index (χ3v) is 3.24. The molecule has 0 radical (unpaired) electrons. The summed E-state index contributed by atoms with van der Waals surface area (Å²) in [5, 5.41) is 12.6. The van der Waals surface area contributed by atoms with E-state index < -0.39 is 23.6 Å². The second-order valence-electron chi connectivity index (χ2n) is 4.19. The molecule has 0 saturated carbocycles. The predicted octanol–water partition coefficient (Wildman–Crippen LogP) is 4.01. The Hall–Kier alpha value is -1.53. The number of rotatable bonds is 4. The van der Waals surface area contributed by atoms with Crippen molar-refractivity contribution in [2.24, 2.45) is 0 Å². The van der Waals surface area contributed by atoms with Crippen molar-refractivity contribution >= 4 is 21.6 Å². The molecule has 0 spiro atoms. The van der Waals surface area contributed by atoms with Crippen LogP contribution in [-0.4, -0.2) is 11.7 Å². The molecule has 1 unspecified atom stereocenters. The lowest BCUT2D eigenvalue weighted by Crippen LogP contribution is -2.13. The van der Waals surface area contributed by atoms with Gasteiger partial charge in [-0.05, 0) is 35.9 Å². The topological polar surface area (TPSA) is 32.3 Å². The first kappa shape index (κ1) is 14.9. The summed E-state index contributed by atoms with van der Waals surface area (Å²) in [4.78, 5) is 0. The minimum absolute atomic E-state index is 0.0242. The highest BCUT2D eigenvalue weighted by Crippen LogP contribution is 2.21. The maximum atomic E-state index is 13.5. The van der Waals surface area contributed by atoms with Gasteiger partial charge in [-0.15, -0.1) is 0 Å². The molecule has 0 aliphatic carbocycles. The summed E-state index contributed by atoms with van der Waals surface area (Å²) >= 11 is 3.13. The van der Waals surface area contributed by atoms with Crippen LogP contribution in [0.4, 0.5) is 18.9 Å². The van der Waals surface area contributed by atoms with Gasteiger partial charge in [-0.25, -0.2) is 13.2 Å². The maximum absolute atomic E-state index is 13.5. The van der Waals surface area contributed by atoms with Crippen LogP contribution in [0.5, 0.6) is 0 Å². The van der Waals surface area contributed by atoms with Crippen molar-refractivity contribution in [3.05, 3.63) is 63.9 Å². The smallest absolute Gasteiger partial charge is 0.159 e. The summed E-state index contributed by atoms with van der Waals surface area (Å²) in [6, 6.07) is 7.58. The van der Waals surface area contributed by atoms with Gasteiger partial charge in [0.25, 0.3) is 0 Å². The molecule has 2 aromatic rings. The molecule has 2 aromatic carbocycles. The highest BCUT2D eigenvalue weighted by molar-refractivity contribution is 9.10. The molecule has 6 heteroatoms. The summed E-state index contributed by atoms with van der Waals surface area (Å²) in [5.41, 5.74) is 0.434. The summed E-state index contributed by atoms with van der Waals surface area (Å²) in [5.74, 6) is -2.49. The van der Waals surface area contributed by atoms with Crippen LogP contribution in [0.2, 0.25) is 0 Å². The molecule has 0 saturated heterocycles. The SMILES string of the molecule is OC(CNc1ccc(Br)cc1F)c1ccc(F)c(F)c1. The molecule has 2 N–H and O–H groups in total. The van der Waals surface area contributed by atoms with Crippen molar-refractivity contribution in [3.8, 4) is 0 Å². The van der Waals surface area contributed by atoms with Gasteiger partial charge in [0.2, 0.25) is 0 Å². The Balaban J connectivity index is 2.04. The largest absolute Gasteiger partial charge is 0.387 e. The van der Waals surface area contributed by atoms with Crippen LogP contribution in [0, 0.1) is 17.5 Å². The summed E-state index contributed by atoms with van der Waals surface area (Å²) in [6.45, 7) is -0.0242. The first-order valence-electron chi connectivity index (χ1n) is 5.79. The number of aliphatic hydroxyl groups excluding tert-OH is 1. The average Bonchev–Trinajstić information content (AvgIpc) is 2.40. The predicted molar refractivity (Wildman–Crippen MR) is 73.9 cm³/mol. The van der Waals surface area contributed by atoms with E-state index in [0.29, 0.717) is 4.47 Å². The number of benzene rings is 2. The van der Waals surface area contributed by atoms with Crippen molar-refractivity contribution < 1.29 is 18.3 Å². The molecular weight excluding hydrogens is 335 g/mol. The first-order valence-corrected chi connectivity index (χ1v) is 6.58. The van der Waals surface area contributed by atoms with Gasteiger partial charge in [0.15, 0.2) is 11.6 Å². The highest BCUT2D eigenvalue weighted by Gasteiger charge is 2.11. The molecule has 0 heterocycles. The van der Waals surface area contributed by atoms with Gasteiger partial charge in [-0.2, -0.15) is 0 Å². The van der Waals surface area contributed by atoms with Crippen LogP contribution in [0.1, 0.15) is 11.7 Å². The number of nitrogens with one attached hydrogen (secondary N) is 1. The molecule has 2 nitrogen and oxygen atoms in total. The van der Waals surface area contributed by atoms with Crippen molar-refractivity contribution in [1.82, 2.24) is 0 Å². The zero-order valence-corrected chi connectivity index (χ0v) is 11.8. The zero-order chi connectivity index (χ0) is 14.7. The third kappa shape index (κ3) is 3.52. The van der Waals surface area contributed by atoms with Gasteiger partial charge in [0, 0.05) is 11.0 Å². The average molecular weight is 346 g/mol. The van der Waals surface area contributed by atoms with E-state index in [-0.39, 0.29) is 17.8 Å². The summed E-state index contributed by atoms with van der Waals surface area (Å²) in [7, 11) is 0. The lowest BCUT2D eigenvalue weighted by molar-refractivity contribution is 0.191. The Kier molecular flexibility index (Phi) is 4.67. The molecule has 0 fully saturated rings. The zero-order valence-electron chi connectivity index (χ0n) is 10.2. The van der Waals surface area contributed by atoms with Gasteiger partial charge < -0.3 is 10.4 Å². The van der Waals surface area contributed by atoms with Gasteiger partial charge in [0.05, 0.1) is 11.8 Å². The van der Waals surface area contributed by atoms with Gasteiger partial charge >= 0.3 is 0 Å². The van der Waals surface area contributed by atoms with Crippen molar-refractivity contribution in [1.29, 1.82) is 0 Å². The number of hydrogen-bond acceptors (Lipinski definition) is 2. The van der Waals surface area contributed by atoms with E-state index in [4.69, 9.17) is 0 Å². The van der Waals surface area contributed by atoms with Crippen LogP contribution in [0.25, 0.3) is 0 Å². The molecular formula is C14H11BrF3NO. The van der Waals surface area contributed by atoms with Crippen molar-refractivity contribution in [2.45, 2.75) is 6.10 Å². The number of aliphatic hydroxyl groups is 1. The molecule has 20 heavy (non-hydrogen) atoms. The van der Waals surface area contributed by atoms with E-state index >= 15 is 0 Å². The molecule has 0 bridgehead atoms. The standard InChI is InChI=1S/C14H11BrF3NO/c15-9-2-4-13(12(18)6-9)19-7-14(20)8-1-3-10(16)11(17)5-8/h1-6,14,19-20H,7H2. The fourth-order valence-electron chi connectivity index (χ4n) is 1.68. The van der Waals surface area contributed by atoms with Crippen LogP contribution >= 0.6 is 15.9 Å². The van der Waals surface area contributed by atoms with Gasteiger partial charge in [-0.3, -0.25) is 0 Å². The van der Waals surface area contributed by atoms with Gasteiger partial charge in [0.1, 0.15) is 5.82 Å². The monoisotopic (exact) mass is 345 g/mol. The van der Waals surface area contributed by atoms with E-state index in [1.165, 1.54) is 18.2 Å². The van der Waals surface area contributed by atoms with E-state index in [0.717, 1.165) is 12.1 Å². The molecule has 0 aliphatic rings. The van der Waals surface area contributed by atoms with Crippen LogP contribution in [-0.2, 0) is 0 Å². The van der Waals surface area contributed by atoms with Gasteiger partial charge in [-0.1, -0.05) is 22.0 Å². The quantitative estimate of drug-likeness (QED) is 0.877. The second kappa shape index (κ2) is 6.28. The molecule has 0 aliphatic heterocycles.